The number of hydrogen-bond donors (Lipinski definition) is 6. The van der Waals surface area contributed by atoms with E-state index in [9.17, 15) is 30.3 Å². The molecule has 9 nitrogen and oxygen atoms in total. The minimum Gasteiger partial charge on any atom is -0.394 e. The first kappa shape index (κ1) is 87.4. The van der Waals surface area contributed by atoms with Crippen molar-refractivity contribution in [2.75, 3.05) is 13.2 Å². The Hall–Kier alpha value is -2.63. The maximum atomic E-state index is 13.2. The second kappa shape index (κ2) is 71.2. The van der Waals surface area contributed by atoms with Crippen molar-refractivity contribution in [3.05, 3.63) is 85.1 Å². The topological polar surface area (TPSA) is 149 Å². The van der Waals surface area contributed by atoms with Gasteiger partial charge in [0.05, 0.1) is 25.4 Å². The molecule has 0 aliphatic carbocycles. The van der Waals surface area contributed by atoms with E-state index in [4.69, 9.17) is 9.47 Å². The van der Waals surface area contributed by atoms with Crippen molar-refractivity contribution in [1.82, 2.24) is 5.32 Å². The zero-order valence-electron chi connectivity index (χ0n) is 60.3. The van der Waals surface area contributed by atoms with Gasteiger partial charge in [0.25, 0.3) is 0 Å². The summed E-state index contributed by atoms with van der Waals surface area (Å²) in [6, 6.07) is -0.724. The highest BCUT2D eigenvalue weighted by molar-refractivity contribution is 5.76. The largest absolute Gasteiger partial charge is 0.394 e. The fourth-order valence-corrected chi connectivity index (χ4v) is 12.6. The van der Waals surface area contributed by atoms with Gasteiger partial charge >= 0.3 is 0 Å². The maximum Gasteiger partial charge on any atom is 0.220 e. The van der Waals surface area contributed by atoms with Gasteiger partial charge < -0.3 is 40.3 Å². The van der Waals surface area contributed by atoms with Crippen molar-refractivity contribution in [2.45, 2.75) is 423 Å². The van der Waals surface area contributed by atoms with Gasteiger partial charge in [0.1, 0.15) is 24.4 Å². The van der Waals surface area contributed by atoms with Crippen LogP contribution in [0.4, 0.5) is 0 Å². The lowest BCUT2D eigenvalue weighted by Crippen LogP contribution is -2.60. The van der Waals surface area contributed by atoms with Gasteiger partial charge in [-0.05, 0) is 70.6 Å². The number of hydrogen-bond acceptors (Lipinski definition) is 8. The van der Waals surface area contributed by atoms with Crippen molar-refractivity contribution in [1.29, 1.82) is 0 Å². The molecule has 1 aliphatic heterocycles. The summed E-state index contributed by atoms with van der Waals surface area (Å²) in [6.07, 6.45) is 95.4. The Morgan fingerprint density at radius 1 is 0.380 bits per heavy atom. The molecule has 0 saturated carbocycles. The van der Waals surface area contributed by atoms with Gasteiger partial charge in [0.2, 0.25) is 5.91 Å². The number of aliphatic hydroxyl groups excluding tert-OH is 5. The van der Waals surface area contributed by atoms with E-state index in [0.29, 0.717) is 12.8 Å². The van der Waals surface area contributed by atoms with Gasteiger partial charge in [-0.1, -0.05) is 388 Å². The SMILES string of the molecule is CC/C=C\C/C=C\C/C=C\C/C=C\C/C=C\C/C=C\C/C=C\CCCCCCCCCCCCCCCCCCCC(=O)NC(COC1OC(CO)C(O)C(O)C1O)C(O)CCCCCCCCCCCCCCCCCCCCCCCCCCCCCCCC. The molecular weight excluding hydrogens is 1140 g/mol. The molecule has 536 valence electrons. The Morgan fingerprint density at radius 3 is 1.00 bits per heavy atom. The molecule has 1 fully saturated rings. The number of carbonyl (C=O) groups excluding carboxylic acids is 1. The number of ether oxygens (including phenoxy) is 2. The molecular formula is C83H151NO8. The van der Waals surface area contributed by atoms with Gasteiger partial charge in [-0.3, -0.25) is 4.79 Å². The van der Waals surface area contributed by atoms with Crippen LogP contribution >= 0.6 is 0 Å². The van der Waals surface area contributed by atoms with E-state index in [1.807, 2.05) is 0 Å². The predicted octanol–water partition coefficient (Wildman–Crippen LogP) is 22.8. The Kier molecular flexibility index (Phi) is 67.6. The average molecular weight is 1290 g/mol. The summed E-state index contributed by atoms with van der Waals surface area (Å²) in [6.45, 7) is 3.77. The Balaban J connectivity index is 2.06. The smallest absolute Gasteiger partial charge is 0.220 e. The van der Waals surface area contributed by atoms with Crippen molar-refractivity contribution in [3.63, 3.8) is 0 Å². The van der Waals surface area contributed by atoms with Crippen LogP contribution in [0.15, 0.2) is 85.1 Å². The van der Waals surface area contributed by atoms with E-state index >= 15 is 0 Å². The number of nitrogens with one attached hydrogen (secondary N) is 1. The third kappa shape index (κ3) is 58.7. The molecule has 0 spiro atoms. The van der Waals surface area contributed by atoms with Gasteiger partial charge in [0.15, 0.2) is 6.29 Å². The van der Waals surface area contributed by atoms with E-state index in [-0.39, 0.29) is 12.5 Å². The monoisotopic (exact) mass is 1290 g/mol. The summed E-state index contributed by atoms with van der Waals surface area (Å²) in [4.78, 5) is 13.2. The molecule has 0 bridgehead atoms. The Bertz CT molecular complexity index is 1740. The van der Waals surface area contributed by atoms with Gasteiger partial charge in [-0.15, -0.1) is 0 Å². The molecule has 92 heavy (non-hydrogen) atoms. The number of unbranched alkanes of at least 4 members (excludes halogenated alkanes) is 46. The second-order valence-corrected chi connectivity index (χ2v) is 27.5. The molecule has 1 aliphatic rings. The molecule has 6 N–H and O–H groups in total. The number of carbonyl (C=O) groups is 1. The molecule has 0 aromatic carbocycles. The Labute approximate surface area is 569 Å². The molecule has 7 unspecified atom stereocenters. The summed E-state index contributed by atoms with van der Waals surface area (Å²) in [7, 11) is 0. The minimum atomic E-state index is -1.56. The molecule has 9 heteroatoms. The van der Waals surface area contributed by atoms with Crippen LogP contribution in [0.1, 0.15) is 380 Å². The number of aliphatic hydroxyl groups is 5. The average Bonchev–Trinajstić information content (AvgIpc) is 1.45. The first-order chi connectivity index (χ1) is 45.3. The quantitative estimate of drug-likeness (QED) is 0.0261. The summed E-state index contributed by atoms with van der Waals surface area (Å²) in [5, 5.41) is 55.1. The third-order valence-electron chi connectivity index (χ3n) is 18.8. The predicted molar refractivity (Wildman–Crippen MR) is 396 cm³/mol. The third-order valence-corrected chi connectivity index (χ3v) is 18.8. The first-order valence-corrected chi connectivity index (χ1v) is 39.8. The van der Waals surface area contributed by atoms with Crippen LogP contribution in [0, 0.1) is 0 Å². The highest BCUT2D eigenvalue weighted by Crippen LogP contribution is 2.24. The van der Waals surface area contributed by atoms with Gasteiger partial charge in [-0.2, -0.15) is 0 Å². The highest BCUT2D eigenvalue weighted by atomic mass is 16.7. The van der Waals surface area contributed by atoms with Crippen LogP contribution in [-0.4, -0.2) is 87.5 Å². The second-order valence-electron chi connectivity index (χ2n) is 27.5. The summed E-state index contributed by atoms with van der Waals surface area (Å²) in [5.41, 5.74) is 0. The van der Waals surface area contributed by atoms with Crippen molar-refractivity contribution in [3.8, 4) is 0 Å². The van der Waals surface area contributed by atoms with Crippen LogP contribution in [-0.2, 0) is 14.3 Å². The van der Waals surface area contributed by atoms with E-state index in [2.05, 4.69) is 104 Å². The molecule has 7 atom stereocenters. The summed E-state index contributed by atoms with van der Waals surface area (Å²) >= 11 is 0. The number of amides is 1. The number of allylic oxidation sites excluding steroid dienone is 14. The molecule has 0 aromatic heterocycles. The molecule has 1 saturated heterocycles. The molecule has 1 rings (SSSR count). The molecule has 1 amide bonds. The normalized spacial score (nSPS) is 18.1. The van der Waals surface area contributed by atoms with E-state index < -0.39 is 49.5 Å². The zero-order chi connectivity index (χ0) is 66.4. The van der Waals surface area contributed by atoms with Crippen molar-refractivity contribution in [2.24, 2.45) is 0 Å². The van der Waals surface area contributed by atoms with E-state index in [1.165, 1.54) is 270 Å². The maximum absolute atomic E-state index is 13.2. The van der Waals surface area contributed by atoms with Crippen molar-refractivity contribution < 1.29 is 39.8 Å². The van der Waals surface area contributed by atoms with Gasteiger partial charge in [0, 0.05) is 6.42 Å². The van der Waals surface area contributed by atoms with Crippen molar-refractivity contribution >= 4 is 5.91 Å². The molecule has 1 heterocycles. The van der Waals surface area contributed by atoms with E-state index in [0.717, 1.165) is 83.5 Å². The summed E-state index contributed by atoms with van der Waals surface area (Å²) in [5.74, 6) is -0.139. The fraction of sp³-hybridized carbons (Fsp3) is 0.819. The van der Waals surface area contributed by atoms with Gasteiger partial charge in [-0.25, -0.2) is 0 Å². The Morgan fingerprint density at radius 2 is 0.674 bits per heavy atom. The standard InChI is InChI=1S/C83H151NO8/c1-3-5-7-9-11-13-15-17-19-21-23-25-27-29-31-33-35-36-37-38-39-40-41-42-43-45-47-49-51-53-55-57-59-61-63-65-67-69-71-73-79(87)84-76(75-91-83-82(90)81(89)80(88)78(74-85)92-83)77(86)72-70-68-66-64-62-60-58-56-54-52-50-48-46-44-34-32-30-28-26-24-22-20-18-16-14-12-10-8-6-4-2/h5,7,11,13,17,19,23,25,29,31,35-36,38-39,76-78,80-83,85-86,88-90H,3-4,6,8-10,12,14-16,18,20-22,24,26-28,30,32-34,37,40-75H2,1-2H3,(H,84,87)/b7-5-,13-11-,19-17-,25-23-,31-29-,36-35-,39-38-. The molecule has 0 aromatic rings. The molecule has 0 radical (unpaired) electrons. The lowest BCUT2D eigenvalue weighted by molar-refractivity contribution is -0.302. The lowest BCUT2D eigenvalue weighted by atomic mass is 9.99. The van der Waals surface area contributed by atoms with Crippen LogP contribution < -0.4 is 5.32 Å². The zero-order valence-corrected chi connectivity index (χ0v) is 60.3. The minimum absolute atomic E-state index is 0.137. The van der Waals surface area contributed by atoms with Crippen LogP contribution in [0.5, 0.6) is 0 Å². The van der Waals surface area contributed by atoms with E-state index in [1.54, 1.807) is 0 Å². The number of rotatable bonds is 70. The lowest BCUT2D eigenvalue weighted by Gasteiger charge is -2.40. The highest BCUT2D eigenvalue weighted by Gasteiger charge is 2.44. The summed E-state index contributed by atoms with van der Waals surface area (Å²) < 4.78 is 11.4. The van der Waals surface area contributed by atoms with Crippen LogP contribution in [0.2, 0.25) is 0 Å². The fourth-order valence-electron chi connectivity index (χ4n) is 12.6. The van der Waals surface area contributed by atoms with Crippen LogP contribution in [0.25, 0.3) is 0 Å². The van der Waals surface area contributed by atoms with Crippen LogP contribution in [0.3, 0.4) is 0 Å². The first-order valence-electron chi connectivity index (χ1n) is 39.8.